The molecule has 0 saturated heterocycles. The van der Waals surface area contributed by atoms with Crippen molar-refractivity contribution in [2.45, 2.75) is 0 Å². The van der Waals surface area contributed by atoms with Crippen molar-refractivity contribution in [3.63, 3.8) is 0 Å². The van der Waals surface area contributed by atoms with Crippen molar-refractivity contribution in [1.82, 2.24) is 0 Å². The van der Waals surface area contributed by atoms with Gasteiger partial charge in [-0.2, -0.15) is 0 Å². The second kappa shape index (κ2) is 8.25. The highest BCUT2D eigenvalue weighted by Gasteiger charge is 2.37. The van der Waals surface area contributed by atoms with Gasteiger partial charge >= 0.3 is 0 Å². The van der Waals surface area contributed by atoms with Crippen LogP contribution in [-0.4, -0.2) is 21.4 Å². The third-order valence-corrected chi connectivity index (χ3v) is 8.32. The van der Waals surface area contributed by atoms with Gasteiger partial charge < -0.3 is 0 Å². The van der Waals surface area contributed by atoms with E-state index in [-0.39, 0.29) is 45.0 Å². The number of hydrogen-bond acceptors (Lipinski definition) is 6. The van der Waals surface area contributed by atoms with Crippen molar-refractivity contribution in [1.29, 1.82) is 0 Å². The molecule has 0 aliphatic heterocycles. The van der Waals surface area contributed by atoms with E-state index in [1.165, 1.54) is 0 Å². The fraction of sp³-hybridized carbons (Fsp3) is 0. The van der Waals surface area contributed by atoms with E-state index in [1.807, 2.05) is 0 Å². The van der Waals surface area contributed by atoms with E-state index in [2.05, 4.69) is 0 Å². The standard InChI is InChI=1S/C34H16N2O6/c37-33-20-10-3-1-8-18(20)25-16-27(31(35(39)40)22-12-6-14-24(33)29(22)25)26-15-17-7-5-13-23-28(17)30(32(26)36(41)42)19-9-2-4-11-21(19)34(23)38/h1-16H. The summed E-state index contributed by atoms with van der Waals surface area (Å²) in [6, 6.07) is 26.8. The van der Waals surface area contributed by atoms with E-state index in [0.29, 0.717) is 55.1 Å². The molecule has 0 unspecified atom stereocenters. The molecule has 2 aliphatic carbocycles. The predicted octanol–water partition coefficient (Wildman–Crippen LogP) is 7.90. The van der Waals surface area contributed by atoms with Crippen LogP contribution in [0.25, 0.3) is 54.9 Å². The van der Waals surface area contributed by atoms with Gasteiger partial charge in [0.05, 0.1) is 31.9 Å². The van der Waals surface area contributed by atoms with Crippen LogP contribution in [0.1, 0.15) is 31.8 Å². The molecular weight excluding hydrogens is 532 g/mol. The number of nitrogens with zero attached hydrogens (tertiary/aromatic N) is 2. The minimum Gasteiger partial charge on any atom is -0.289 e. The fourth-order valence-electron chi connectivity index (χ4n) is 6.67. The Balaban J connectivity index is 1.59. The fourth-order valence-corrected chi connectivity index (χ4v) is 6.67. The zero-order chi connectivity index (χ0) is 28.9. The number of hydrogen-bond donors (Lipinski definition) is 0. The summed E-state index contributed by atoms with van der Waals surface area (Å²) >= 11 is 0. The molecule has 0 atom stereocenters. The molecule has 2 aliphatic rings. The first-order chi connectivity index (χ1) is 20.4. The molecule has 0 N–H and O–H groups in total. The van der Waals surface area contributed by atoms with Crippen LogP contribution in [0.15, 0.2) is 97.1 Å². The lowest BCUT2D eigenvalue weighted by Gasteiger charge is -2.23. The van der Waals surface area contributed by atoms with Crippen molar-refractivity contribution in [3.05, 3.63) is 140 Å². The van der Waals surface area contributed by atoms with E-state index in [1.54, 1.807) is 97.1 Å². The van der Waals surface area contributed by atoms with Gasteiger partial charge in [0, 0.05) is 38.6 Å². The first-order valence-electron chi connectivity index (χ1n) is 13.1. The second-order valence-corrected chi connectivity index (χ2v) is 10.4. The molecule has 0 heterocycles. The van der Waals surface area contributed by atoms with Crippen molar-refractivity contribution >= 4 is 44.5 Å². The molecule has 0 aromatic heterocycles. The minimum atomic E-state index is -0.545. The van der Waals surface area contributed by atoms with Crippen LogP contribution in [0.4, 0.5) is 11.4 Å². The van der Waals surface area contributed by atoms with Crippen molar-refractivity contribution in [2.75, 3.05) is 0 Å². The highest BCUT2D eigenvalue weighted by atomic mass is 16.6. The zero-order valence-corrected chi connectivity index (χ0v) is 21.6. The van der Waals surface area contributed by atoms with E-state index < -0.39 is 9.85 Å². The quantitative estimate of drug-likeness (QED) is 0.163. The number of carbonyl (C=O) groups is 2. The van der Waals surface area contributed by atoms with Crippen LogP contribution in [0.3, 0.4) is 0 Å². The van der Waals surface area contributed by atoms with Gasteiger partial charge in [-0.05, 0) is 34.7 Å². The molecule has 0 fully saturated rings. The number of rotatable bonds is 3. The summed E-state index contributed by atoms with van der Waals surface area (Å²) in [5.74, 6) is -0.471. The second-order valence-electron chi connectivity index (χ2n) is 10.4. The summed E-state index contributed by atoms with van der Waals surface area (Å²) in [4.78, 5) is 51.5. The van der Waals surface area contributed by atoms with Gasteiger partial charge in [-0.15, -0.1) is 0 Å². The van der Waals surface area contributed by atoms with Gasteiger partial charge in [0.1, 0.15) is 0 Å². The number of nitro benzene ring substituents is 2. The summed E-state index contributed by atoms with van der Waals surface area (Å²) < 4.78 is 0. The van der Waals surface area contributed by atoms with Gasteiger partial charge in [0.2, 0.25) is 0 Å². The molecule has 8 rings (SSSR count). The Morgan fingerprint density at radius 1 is 0.452 bits per heavy atom. The van der Waals surface area contributed by atoms with Gasteiger partial charge in [-0.25, -0.2) is 0 Å². The van der Waals surface area contributed by atoms with E-state index in [0.717, 1.165) is 0 Å². The highest BCUT2D eigenvalue weighted by Crippen LogP contribution is 2.53. The molecule has 6 aromatic rings. The van der Waals surface area contributed by atoms with Crippen LogP contribution in [-0.2, 0) is 0 Å². The molecule has 198 valence electrons. The zero-order valence-electron chi connectivity index (χ0n) is 21.6. The highest BCUT2D eigenvalue weighted by molar-refractivity contribution is 6.30. The third kappa shape index (κ3) is 2.95. The molecule has 6 aromatic carbocycles. The third-order valence-electron chi connectivity index (χ3n) is 8.32. The summed E-state index contributed by atoms with van der Waals surface area (Å²) in [6.07, 6.45) is 0. The summed E-state index contributed by atoms with van der Waals surface area (Å²) in [5.41, 5.74) is 2.81. The largest absolute Gasteiger partial charge is 0.289 e. The van der Waals surface area contributed by atoms with Crippen molar-refractivity contribution < 1.29 is 19.4 Å². The first-order valence-corrected chi connectivity index (χ1v) is 13.1. The monoisotopic (exact) mass is 548 g/mol. The SMILES string of the molecule is O=C1c2ccccc2-c2c([N+](=O)[O-])c(-c3cc4c5c(cccc5c3[N+](=O)[O-])C(=O)c3ccccc3-4)cc3cccc1c23. The number of ketones is 2. The molecule has 42 heavy (non-hydrogen) atoms. The predicted molar refractivity (Wildman–Crippen MR) is 158 cm³/mol. The number of carbonyl (C=O) groups excluding carboxylic acids is 2. The molecule has 0 saturated carbocycles. The van der Waals surface area contributed by atoms with Crippen LogP contribution in [0.2, 0.25) is 0 Å². The number of fused-ring (bicyclic) bond motifs is 4. The van der Waals surface area contributed by atoms with Crippen LogP contribution >= 0.6 is 0 Å². The Hall–Kier alpha value is -6.02. The molecule has 8 heteroatoms. The molecular formula is C34H16N2O6. The lowest BCUT2D eigenvalue weighted by atomic mass is 9.78. The van der Waals surface area contributed by atoms with Crippen molar-refractivity contribution in [2.24, 2.45) is 0 Å². The maximum atomic E-state index is 13.4. The molecule has 0 amide bonds. The Kier molecular flexibility index (Phi) is 4.68. The van der Waals surface area contributed by atoms with Crippen LogP contribution in [0.5, 0.6) is 0 Å². The number of benzene rings is 6. The van der Waals surface area contributed by atoms with Crippen LogP contribution in [0, 0.1) is 20.2 Å². The number of nitro groups is 2. The smallest absolute Gasteiger partial charge is 0.285 e. The molecule has 0 bridgehead atoms. The maximum absolute atomic E-state index is 13.4. The average Bonchev–Trinajstić information content (AvgIpc) is 3.00. The van der Waals surface area contributed by atoms with Gasteiger partial charge in [-0.1, -0.05) is 78.9 Å². The minimum absolute atomic E-state index is 0.0634. The van der Waals surface area contributed by atoms with E-state index in [9.17, 15) is 29.8 Å². The maximum Gasteiger partial charge on any atom is 0.285 e. The van der Waals surface area contributed by atoms with Gasteiger partial charge in [0.25, 0.3) is 11.4 Å². The first kappa shape index (κ1) is 23.8. The lowest BCUT2D eigenvalue weighted by molar-refractivity contribution is -0.385. The van der Waals surface area contributed by atoms with E-state index in [4.69, 9.17) is 0 Å². The van der Waals surface area contributed by atoms with Crippen molar-refractivity contribution in [3.8, 4) is 33.4 Å². The Labute approximate surface area is 236 Å². The Morgan fingerprint density at radius 2 is 0.976 bits per heavy atom. The normalized spacial score (nSPS) is 12.8. The summed E-state index contributed by atoms with van der Waals surface area (Å²) in [5, 5.41) is 27.4. The van der Waals surface area contributed by atoms with Crippen LogP contribution < -0.4 is 0 Å². The summed E-state index contributed by atoms with van der Waals surface area (Å²) in [6.45, 7) is 0. The average molecular weight is 549 g/mol. The summed E-state index contributed by atoms with van der Waals surface area (Å²) in [7, 11) is 0. The lowest BCUT2D eigenvalue weighted by Crippen LogP contribution is -2.12. The molecule has 0 spiro atoms. The Morgan fingerprint density at radius 3 is 1.64 bits per heavy atom. The van der Waals surface area contributed by atoms with E-state index >= 15 is 0 Å². The molecule has 0 radical (unpaired) electrons. The van der Waals surface area contributed by atoms with Gasteiger partial charge in [-0.3, -0.25) is 29.8 Å². The Bertz CT molecular complexity index is 2280. The topological polar surface area (TPSA) is 120 Å². The van der Waals surface area contributed by atoms with Gasteiger partial charge in [0.15, 0.2) is 11.6 Å². The molecule has 8 nitrogen and oxygen atoms in total.